The number of benzene rings is 5. The van der Waals surface area contributed by atoms with Gasteiger partial charge in [-0.1, -0.05) is 102 Å². The van der Waals surface area contributed by atoms with Crippen LogP contribution in [0.3, 0.4) is 0 Å². The fraction of sp³-hybridized carbons (Fsp3) is 0.122. The maximum Gasteiger partial charge on any atom is 0.439 e. The van der Waals surface area contributed by atoms with Gasteiger partial charge in [0, 0.05) is 22.7 Å². The van der Waals surface area contributed by atoms with E-state index in [1.165, 1.54) is 0 Å². The van der Waals surface area contributed by atoms with Gasteiger partial charge in [-0.25, -0.2) is 9.59 Å². The predicted octanol–water partition coefficient (Wildman–Crippen LogP) is 6.79. The van der Waals surface area contributed by atoms with Crippen molar-refractivity contribution >= 4 is 17.0 Å². The monoisotopic (exact) mass is 720 g/mol. The first-order chi connectivity index (χ1) is 26.4. The van der Waals surface area contributed by atoms with E-state index < -0.39 is 11.7 Å². The second-order valence-corrected chi connectivity index (χ2v) is 12.4. The molecule has 54 heavy (non-hydrogen) atoms. The van der Waals surface area contributed by atoms with Crippen LogP contribution >= 0.6 is 0 Å². The first-order valence-corrected chi connectivity index (χ1v) is 17.3. The number of carbonyl (C=O) groups excluding carboxylic acids is 1. The summed E-state index contributed by atoms with van der Waals surface area (Å²) >= 11 is 0. The molecule has 0 saturated heterocycles. The third-order valence-electron chi connectivity index (χ3n) is 8.98. The zero-order chi connectivity index (χ0) is 37.0. The van der Waals surface area contributed by atoms with Crippen molar-refractivity contribution in [1.29, 1.82) is 0 Å². The smallest absolute Gasteiger partial charge is 0.439 e. The lowest BCUT2D eigenvalue weighted by atomic mass is 9.98. The van der Waals surface area contributed by atoms with Crippen molar-refractivity contribution in [2.45, 2.75) is 26.3 Å². The van der Waals surface area contributed by atoms with Gasteiger partial charge in [-0.15, -0.1) is 0 Å². The van der Waals surface area contributed by atoms with Crippen LogP contribution in [0.25, 0.3) is 44.8 Å². The van der Waals surface area contributed by atoms with Gasteiger partial charge >= 0.3 is 11.7 Å². The number of aryl methyl sites for hydroxylation is 1. The highest BCUT2D eigenvalue weighted by molar-refractivity contribution is 6.03. The van der Waals surface area contributed by atoms with Crippen molar-refractivity contribution in [3.05, 3.63) is 159 Å². The average Bonchev–Trinajstić information content (AvgIpc) is 3.91. The lowest BCUT2D eigenvalue weighted by molar-refractivity contribution is -0.807. The number of imidazole rings is 1. The number of ether oxygens (including phenoxy) is 2. The number of para-hydroxylation sites is 1. The highest BCUT2D eigenvalue weighted by Crippen LogP contribution is 2.32. The van der Waals surface area contributed by atoms with Crippen LogP contribution in [0.1, 0.15) is 34.1 Å². The van der Waals surface area contributed by atoms with Crippen LogP contribution in [0.4, 0.5) is 0 Å². The summed E-state index contributed by atoms with van der Waals surface area (Å²) in [5.74, 6) is -0.446. The van der Waals surface area contributed by atoms with Crippen molar-refractivity contribution in [3.8, 4) is 45.5 Å². The van der Waals surface area contributed by atoms with Crippen LogP contribution in [0.15, 0.2) is 135 Å². The Morgan fingerprint density at radius 3 is 2.30 bits per heavy atom. The summed E-state index contributed by atoms with van der Waals surface area (Å²) < 4.78 is 23.3. The SMILES string of the molecule is CCOc1nc2cccc(C(=O)Oc3ccc(CCc4c(-c5ccccc5)no[n+]4[O-])cc3)c2n1Cc1ccc(-c2ccccc2-c2noc(=O)[nH]2)cc1. The third kappa shape index (κ3) is 6.85. The Bertz CT molecular complexity index is 2620. The molecule has 0 aliphatic rings. The second kappa shape index (κ2) is 14.8. The Balaban J connectivity index is 1.01. The molecule has 3 aromatic heterocycles. The number of carbonyl (C=O) groups is 1. The Hall–Kier alpha value is -7.28. The van der Waals surface area contributed by atoms with Gasteiger partial charge < -0.3 is 14.7 Å². The van der Waals surface area contributed by atoms with Crippen LogP contribution in [0.2, 0.25) is 0 Å². The van der Waals surface area contributed by atoms with E-state index in [-0.39, 0.29) is 0 Å². The standard InChI is InChI=1S/C41H32N6O7/c1-2-51-40-42-34-14-8-13-33(37(34)46(40)25-27-15-20-28(21-16-27)31-11-6-7-12-32(31)38-43-41(49)53-45-38)39(48)52-30-22-17-26(18-23-30)19-24-35-36(44-54-47(35)50)29-9-4-3-5-10-29/h3-18,20-23H,2,19,24-25H2,1H3,(H,43,45,49). The van der Waals surface area contributed by atoms with Gasteiger partial charge in [0.15, 0.2) is 5.82 Å². The highest BCUT2D eigenvalue weighted by atomic mass is 16.8. The minimum Gasteiger partial charge on any atom is -0.465 e. The van der Waals surface area contributed by atoms with Crippen LogP contribution in [-0.4, -0.2) is 37.4 Å². The fourth-order valence-electron chi connectivity index (χ4n) is 6.41. The number of H-pyrrole nitrogens is 1. The molecule has 0 aliphatic carbocycles. The Morgan fingerprint density at radius 2 is 1.56 bits per heavy atom. The van der Waals surface area contributed by atoms with Crippen LogP contribution in [0, 0.1) is 5.21 Å². The number of nitrogens with one attached hydrogen (secondary N) is 1. The molecule has 0 aliphatic heterocycles. The number of aromatic amines is 1. The van der Waals surface area contributed by atoms with Gasteiger partial charge in [0.25, 0.3) is 11.7 Å². The molecule has 8 aromatic rings. The van der Waals surface area contributed by atoms with Crippen molar-refractivity contribution in [2.24, 2.45) is 0 Å². The Morgan fingerprint density at radius 1 is 0.815 bits per heavy atom. The molecule has 13 heteroatoms. The van der Waals surface area contributed by atoms with Crippen molar-refractivity contribution in [1.82, 2.24) is 24.8 Å². The molecule has 0 fully saturated rings. The van der Waals surface area contributed by atoms with E-state index in [4.69, 9.17) is 23.6 Å². The largest absolute Gasteiger partial charge is 0.465 e. The Kier molecular flexibility index (Phi) is 9.25. The lowest BCUT2D eigenvalue weighted by Gasteiger charge is -2.13. The predicted molar refractivity (Wildman–Crippen MR) is 198 cm³/mol. The fourth-order valence-corrected chi connectivity index (χ4v) is 6.41. The van der Waals surface area contributed by atoms with E-state index in [1.807, 2.05) is 109 Å². The van der Waals surface area contributed by atoms with E-state index in [1.54, 1.807) is 24.3 Å². The second-order valence-electron chi connectivity index (χ2n) is 12.4. The molecule has 0 bridgehead atoms. The first kappa shape index (κ1) is 33.8. The minimum atomic E-state index is -0.623. The summed E-state index contributed by atoms with van der Waals surface area (Å²) in [6.45, 7) is 2.63. The van der Waals surface area contributed by atoms with Crippen molar-refractivity contribution in [3.63, 3.8) is 0 Å². The molecule has 0 unspecified atom stereocenters. The van der Waals surface area contributed by atoms with Gasteiger partial charge in [0.05, 0.1) is 29.7 Å². The lowest BCUT2D eigenvalue weighted by Crippen LogP contribution is -2.28. The summed E-state index contributed by atoms with van der Waals surface area (Å²) in [5, 5.41) is 20.1. The summed E-state index contributed by atoms with van der Waals surface area (Å²) in [5.41, 5.74) is 7.67. The number of esters is 1. The molecule has 3 heterocycles. The normalized spacial score (nSPS) is 11.2. The molecule has 0 atom stereocenters. The summed E-state index contributed by atoms with van der Waals surface area (Å²) in [7, 11) is 0. The minimum absolute atomic E-state index is 0.336. The number of nitrogens with zero attached hydrogens (tertiary/aromatic N) is 5. The molecule has 268 valence electrons. The summed E-state index contributed by atoms with van der Waals surface area (Å²) in [4.78, 5) is 33.1. The van der Waals surface area contributed by atoms with Gasteiger partial charge in [-0.3, -0.25) is 18.7 Å². The van der Waals surface area contributed by atoms with Crippen molar-refractivity contribution < 1.29 is 28.3 Å². The summed E-state index contributed by atoms with van der Waals surface area (Å²) in [6.07, 6.45) is 0.956. The number of hydrogen-bond donors (Lipinski definition) is 1. The molecule has 1 N–H and O–H groups in total. The van der Waals surface area contributed by atoms with E-state index >= 15 is 0 Å². The van der Waals surface area contributed by atoms with E-state index in [9.17, 15) is 14.8 Å². The van der Waals surface area contributed by atoms with Gasteiger partial charge in [-0.2, -0.15) is 4.98 Å². The highest BCUT2D eigenvalue weighted by Gasteiger charge is 2.23. The zero-order valence-electron chi connectivity index (χ0n) is 29.0. The van der Waals surface area contributed by atoms with E-state index in [0.29, 0.717) is 76.5 Å². The number of rotatable bonds is 12. The zero-order valence-corrected chi connectivity index (χ0v) is 29.0. The van der Waals surface area contributed by atoms with E-state index in [0.717, 1.165) is 33.4 Å². The average molecular weight is 721 g/mol. The van der Waals surface area contributed by atoms with Crippen molar-refractivity contribution in [2.75, 3.05) is 6.61 Å². The van der Waals surface area contributed by atoms with Crippen LogP contribution in [-0.2, 0) is 19.4 Å². The van der Waals surface area contributed by atoms with Crippen LogP contribution < -0.4 is 20.1 Å². The van der Waals surface area contributed by atoms with Gasteiger partial charge in [0.1, 0.15) is 5.75 Å². The molecule has 0 spiro atoms. The topological polar surface area (TPSA) is 165 Å². The first-order valence-electron chi connectivity index (χ1n) is 17.3. The maximum absolute atomic E-state index is 13.7. The molecule has 13 nitrogen and oxygen atoms in total. The molecule has 0 saturated carbocycles. The third-order valence-corrected chi connectivity index (χ3v) is 8.98. The molecular formula is C41H32N6O7. The number of hydrogen-bond acceptors (Lipinski definition) is 10. The Labute approximate surface area is 307 Å². The molecule has 0 radical (unpaired) electrons. The molecule has 0 amide bonds. The quantitative estimate of drug-likeness (QED) is 0.0807. The van der Waals surface area contributed by atoms with Crippen LogP contribution in [0.5, 0.6) is 11.8 Å². The maximum atomic E-state index is 13.7. The molecule has 5 aromatic carbocycles. The van der Waals surface area contributed by atoms with Gasteiger partial charge in [0.2, 0.25) is 5.69 Å². The molecular weight excluding hydrogens is 688 g/mol. The van der Waals surface area contributed by atoms with Gasteiger partial charge in [-0.05, 0) is 64.8 Å². The van der Waals surface area contributed by atoms with E-state index in [2.05, 4.69) is 15.3 Å². The summed E-state index contributed by atoms with van der Waals surface area (Å²) in [6, 6.07) is 37.8. The number of aromatic nitrogens is 6. The number of fused-ring (bicyclic) bond motifs is 1. The molecule has 8 rings (SSSR count).